The van der Waals surface area contributed by atoms with Crippen molar-refractivity contribution in [3.05, 3.63) is 71.2 Å². The van der Waals surface area contributed by atoms with E-state index in [9.17, 15) is 4.79 Å². The highest BCUT2D eigenvalue weighted by Crippen LogP contribution is 2.27. The van der Waals surface area contributed by atoms with Gasteiger partial charge in [-0.2, -0.15) is 0 Å². The summed E-state index contributed by atoms with van der Waals surface area (Å²) in [4.78, 5) is 20.2. The Balaban J connectivity index is 1.60. The number of hydrogen-bond acceptors (Lipinski definition) is 3. The molecule has 4 rings (SSSR count). The summed E-state index contributed by atoms with van der Waals surface area (Å²) in [7, 11) is 0. The maximum Gasteiger partial charge on any atom is 0.275 e. The number of para-hydroxylation sites is 2. The van der Waals surface area contributed by atoms with Gasteiger partial charge in [-0.1, -0.05) is 36.4 Å². The van der Waals surface area contributed by atoms with E-state index >= 15 is 0 Å². The standard InChI is InChI=1S/C19H15N3OS/c1-12-6-2-4-8-14(12)21-18(23)17-11-24-19(22-17)16-10-13-7-3-5-9-15(13)20-16/h2-11,20H,1H3,(H,21,23). The number of H-pyrrole nitrogens is 1. The Hall–Kier alpha value is -2.92. The third-order valence-corrected chi connectivity index (χ3v) is 4.77. The summed E-state index contributed by atoms with van der Waals surface area (Å²) in [5.41, 5.74) is 4.25. The zero-order chi connectivity index (χ0) is 16.5. The largest absolute Gasteiger partial charge is 0.353 e. The number of hydrogen-bond donors (Lipinski definition) is 2. The first-order chi connectivity index (χ1) is 11.7. The Labute approximate surface area is 143 Å². The van der Waals surface area contributed by atoms with Gasteiger partial charge >= 0.3 is 0 Å². The number of thiazole rings is 1. The van der Waals surface area contributed by atoms with E-state index in [4.69, 9.17) is 0 Å². The van der Waals surface area contributed by atoms with Crippen molar-refractivity contribution in [1.82, 2.24) is 9.97 Å². The van der Waals surface area contributed by atoms with Crippen LogP contribution in [0.15, 0.2) is 60.0 Å². The summed E-state index contributed by atoms with van der Waals surface area (Å²) in [6.45, 7) is 1.96. The molecule has 0 radical (unpaired) electrons. The fourth-order valence-corrected chi connectivity index (χ4v) is 3.36. The Bertz CT molecular complexity index is 999. The lowest BCUT2D eigenvalue weighted by Crippen LogP contribution is -2.13. The smallest absolute Gasteiger partial charge is 0.275 e. The zero-order valence-corrected chi connectivity index (χ0v) is 13.9. The number of benzene rings is 2. The summed E-state index contributed by atoms with van der Waals surface area (Å²) in [6.07, 6.45) is 0. The quantitative estimate of drug-likeness (QED) is 0.563. The van der Waals surface area contributed by atoms with Crippen molar-refractivity contribution >= 4 is 33.8 Å². The summed E-state index contributed by atoms with van der Waals surface area (Å²) >= 11 is 1.46. The maximum atomic E-state index is 12.4. The molecule has 0 aliphatic carbocycles. The molecule has 0 unspecified atom stereocenters. The number of carbonyl (C=O) groups is 1. The number of amides is 1. The lowest BCUT2D eigenvalue weighted by atomic mass is 10.2. The van der Waals surface area contributed by atoms with Gasteiger partial charge in [0.1, 0.15) is 10.7 Å². The van der Waals surface area contributed by atoms with Crippen LogP contribution >= 0.6 is 11.3 Å². The van der Waals surface area contributed by atoms with Gasteiger partial charge < -0.3 is 10.3 Å². The van der Waals surface area contributed by atoms with E-state index in [-0.39, 0.29) is 5.91 Å². The zero-order valence-electron chi connectivity index (χ0n) is 13.0. The van der Waals surface area contributed by atoms with Gasteiger partial charge in [0.15, 0.2) is 0 Å². The first-order valence-corrected chi connectivity index (χ1v) is 8.49. The fourth-order valence-electron chi connectivity index (χ4n) is 2.59. The molecule has 2 N–H and O–H groups in total. The van der Waals surface area contributed by atoms with Crippen molar-refractivity contribution in [3.8, 4) is 10.7 Å². The predicted molar refractivity (Wildman–Crippen MR) is 98.5 cm³/mol. The van der Waals surface area contributed by atoms with E-state index < -0.39 is 0 Å². The number of aryl methyl sites for hydroxylation is 1. The summed E-state index contributed by atoms with van der Waals surface area (Å²) in [5.74, 6) is -0.192. The number of aromatic nitrogens is 2. The van der Waals surface area contributed by atoms with Crippen LogP contribution in [0, 0.1) is 6.92 Å². The molecule has 1 amide bonds. The molecule has 0 saturated heterocycles. The Morgan fingerprint density at radius 3 is 2.75 bits per heavy atom. The Kier molecular flexibility index (Phi) is 3.63. The van der Waals surface area contributed by atoms with Crippen LogP contribution in [0.25, 0.3) is 21.6 Å². The molecule has 118 valence electrons. The highest BCUT2D eigenvalue weighted by atomic mass is 32.1. The van der Waals surface area contributed by atoms with Crippen LogP contribution in [0.1, 0.15) is 16.1 Å². The molecule has 0 aliphatic rings. The van der Waals surface area contributed by atoms with E-state index in [0.717, 1.165) is 32.9 Å². The van der Waals surface area contributed by atoms with E-state index in [2.05, 4.69) is 27.4 Å². The molecule has 2 aromatic carbocycles. The predicted octanol–water partition coefficient (Wildman–Crippen LogP) is 4.85. The third kappa shape index (κ3) is 2.70. The minimum absolute atomic E-state index is 0.192. The minimum atomic E-state index is -0.192. The van der Waals surface area contributed by atoms with E-state index in [1.165, 1.54) is 11.3 Å². The molecule has 0 atom stereocenters. The van der Waals surface area contributed by atoms with Crippen molar-refractivity contribution in [2.24, 2.45) is 0 Å². The molecule has 0 spiro atoms. The van der Waals surface area contributed by atoms with Crippen molar-refractivity contribution in [3.63, 3.8) is 0 Å². The van der Waals surface area contributed by atoms with Crippen LogP contribution in [0.4, 0.5) is 5.69 Å². The van der Waals surface area contributed by atoms with Crippen LogP contribution < -0.4 is 5.32 Å². The maximum absolute atomic E-state index is 12.4. The molecular weight excluding hydrogens is 318 g/mol. The first kappa shape index (κ1) is 14.7. The fraction of sp³-hybridized carbons (Fsp3) is 0.0526. The number of nitrogens with zero attached hydrogens (tertiary/aromatic N) is 1. The van der Waals surface area contributed by atoms with Crippen molar-refractivity contribution < 1.29 is 4.79 Å². The van der Waals surface area contributed by atoms with Crippen molar-refractivity contribution in [2.45, 2.75) is 6.92 Å². The molecular formula is C19H15N3OS. The molecule has 4 nitrogen and oxygen atoms in total. The lowest BCUT2D eigenvalue weighted by Gasteiger charge is -2.05. The Morgan fingerprint density at radius 1 is 1.12 bits per heavy atom. The van der Waals surface area contributed by atoms with Gasteiger partial charge in [0, 0.05) is 22.0 Å². The Morgan fingerprint density at radius 2 is 1.92 bits per heavy atom. The van der Waals surface area contributed by atoms with Gasteiger partial charge in [0.2, 0.25) is 0 Å². The van der Waals surface area contributed by atoms with E-state index in [0.29, 0.717) is 5.69 Å². The number of nitrogens with one attached hydrogen (secondary N) is 2. The molecule has 0 fully saturated rings. The van der Waals surface area contributed by atoms with Crippen molar-refractivity contribution in [1.29, 1.82) is 0 Å². The second kappa shape index (κ2) is 5.94. The first-order valence-electron chi connectivity index (χ1n) is 7.61. The number of fused-ring (bicyclic) bond motifs is 1. The van der Waals surface area contributed by atoms with Crippen molar-refractivity contribution in [2.75, 3.05) is 5.32 Å². The molecule has 5 heteroatoms. The highest BCUT2D eigenvalue weighted by Gasteiger charge is 2.14. The molecule has 2 aromatic heterocycles. The van der Waals surface area contributed by atoms with Gasteiger partial charge in [-0.15, -0.1) is 11.3 Å². The lowest BCUT2D eigenvalue weighted by molar-refractivity contribution is 0.102. The van der Waals surface area contributed by atoms with Gasteiger partial charge in [-0.25, -0.2) is 4.98 Å². The van der Waals surface area contributed by atoms with Gasteiger partial charge in [-0.05, 0) is 30.7 Å². The summed E-state index contributed by atoms with van der Waals surface area (Å²) < 4.78 is 0. The number of anilines is 1. The molecule has 0 aliphatic heterocycles. The van der Waals surface area contributed by atoms with Crippen LogP contribution in [0.3, 0.4) is 0 Å². The average Bonchev–Trinajstić information content (AvgIpc) is 3.23. The van der Waals surface area contributed by atoms with Crippen LogP contribution in [0.2, 0.25) is 0 Å². The second-order valence-electron chi connectivity index (χ2n) is 5.58. The van der Waals surface area contributed by atoms with E-state index in [1.54, 1.807) is 5.38 Å². The van der Waals surface area contributed by atoms with Crippen LogP contribution in [0.5, 0.6) is 0 Å². The van der Waals surface area contributed by atoms with Gasteiger partial charge in [-0.3, -0.25) is 4.79 Å². The second-order valence-corrected chi connectivity index (χ2v) is 6.44. The molecule has 0 bridgehead atoms. The normalized spacial score (nSPS) is 10.9. The van der Waals surface area contributed by atoms with E-state index in [1.807, 2.05) is 49.4 Å². The van der Waals surface area contributed by atoms with Gasteiger partial charge in [0.05, 0.1) is 5.69 Å². The topological polar surface area (TPSA) is 57.8 Å². The third-order valence-electron chi connectivity index (χ3n) is 3.89. The van der Waals surface area contributed by atoms with Crippen LogP contribution in [-0.4, -0.2) is 15.9 Å². The van der Waals surface area contributed by atoms with Crippen LogP contribution in [-0.2, 0) is 0 Å². The average molecular weight is 333 g/mol. The van der Waals surface area contributed by atoms with Gasteiger partial charge in [0.25, 0.3) is 5.91 Å². The number of aromatic amines is 1. The monoisotopic (exact) mass is 333 g/mol. The summed E-state index contributed by atoms with van der Waals surface area (Å²) in [6, 6.07) is 17.8. The molecule has 0 saturated carbocycles. The number of carbonyl (C=O) groups excluding carboxylic acids is 1. The molecule has 4 aromatic rings. The molecule has 24 heavy (non-hydrogen) atoms. The minimum Gasteiger partial charge on any atom is -0.353 e. The SMILES string of the molecule is Cc1ccccc1NC(=O)c1csc(-c2cc3ccccc3[nH]2)n1. The number of rotatable bonds is 3. The summed E-state index contributed by atoms with van der Waals surface area (Å²) in [5, 5.41) is 6.64. The highest BCUT2D eigenvalue weighted by molar-refractivity contribution is 7.13. The molecule has 2 heterocycles.